The van der Waals surface area contributed by atoms with E-state index in [2.05, 4.69) is 21.5 Å². The van der Waals surface area contributed by atoms with E-state index in [0.717, 1.165) is 22.5 Å². The summed E-state index contributed by atoms with van der Waals surface area (Å²) in [6.45, 7) is 2.36. The zero-order valence-corrected chi connectivity index (χ0v) is 15.0. The quantitative estimate of drug-likeness (QED) is 0.662. The minimum Gasteiger partial charge on any atom is -0.352 e. The molecule has 0 spiro atoms. The number of carbonyl (C=O) groups excluding carboxylic acids is 2. The van der Waals surface area contributed by atoms with Crippen LogP contribution in [0.1, 0.15) is 22.6 Å². The first-order valence-corrected chi connectivity index (χ1v) is 8.63. The molecule has 0 bridgehead atoms. The predicted molar refractivity (Wildman–Crippen MR) is 105 cm³/mol. The van der Waals surface area contributed by atoms with Crippen LogP contribution in [0.2, 0.25) is 0 Å². The van der Waals surface area contributed by atoms with Gasteiger partial charge in [0.2, 0.25) is 5.91 Å². The molecule has 3 aromatic rings. The number of fused-ring (bicyclic) bond motifs is 1. The van der Waals surface area contributed by atoms with E-state index in [-0.39, 0.29) is 31.3 Å². The van der Waals surface area contributed by atoms with Gasteiger partial charge in [-0.3, -0.25) is 14.2 Å². The van der Waals surface area contributed by atoms with E-state index in [0.29, 0.717) is 5.56 Å². The number of nitrogens with zero attached hydrogens (tertiary/aromatic N) is 2. The Kier molecular flexibility index (Phi) is 5.53. The van der Waals surface area contributed by atoms with Crippen molar-refractivity contribution in [3.8, 4) is 18.0 Å². The second-order valence-electron chi connectivity index (χ2n) is 6.02. The number of rotatable bonds is 6. The van der Waals surface area contributed by atoms with Crippen molar-refractivity contribution >= 4 is 22.8 Å². The summed E-state index contributed by atoms with van der Waals surface area (Å²) in [5, 5.41) is 5.29. The van der Waals surface area contributed by atoms with Crippen LogP contribution < -0.4 is 10.6 Å². The lowest BCUT2D eigenvalue weighted by atomic mass is 10.2. The Morgan fingerprint density at radius 2 is 1.93 bits per heavy atom. The number of para-hydroxylation sites is 1. The number of benzene rings is 2. The normalized spacial score (nSPS) is 10.4. The molecule has 0 aliphatic heterocycles. The highest BCUT2D eigenvalue weighted by Gasteiger charge is 2.12. The number of imidazole rings is 1. The smallest absolute Gasteiger partial charge is 0.251 e. The molecule has 2 aromatic carbocycles. The highest BCUT2D eigenvalue weighted by Crippen LogP contribution is 2.22. The van der Waals surface area contributed by atoms with E-state index in [1.54, 1.807) is 12.1 Å². The summed E-state index contributed by atoms with van der Waals surface area (Å²) < 4.78 is 2.05. The molecule has 0 aliphatic carbocycles. The highest BCUT2D eigenvalue weighted by molar-refractivity contribution is 5.97. The fraction of sp³-hybridized carbons (Fsp3) is 0.190. The first-order chi connectivity index (χ1) is 13.1. The number of amides is 2. The van der Waals surface area contributed by atoms with Crippen LogP contribution >= 0.6 is 0 Å². The second kappa shape index (κ2) is 8.19. The Labute approximate surface area is 157 Å². The van der Waals surface area contributed by atoms with Crippen LogP contribution in [-0.4, -0.2) is 34.5 Å². The molecule has 3 rings (SSSR count). The topological polar surface area (TPSA) is 76.0 Å². The van der Waals surface area contributed by atoms with Gasteiger partial charge in [0.15, 0.2) is 0 Å². The molecule has 2 N–H and O–H groups in total. The van der Waals surface area contributed by atoms with Crippen molar-refractivity contribution in [3.63, 3.8) is 0 Å². The first-order valence-electron chi connectivity index (χ1n) is 8.63. The highest BCUT2D eigenvalue weighted by atomic mass is 16.2. The van der Waals surface area contributed by atoms with Gasteiger partial charge in [-0.15, -0.1) is 6.42 Å². The van der Waals surface area contributed by atoms with Crippen molar-refractivity contribution in [1.82, 2.24) is 20.2 Å². The van der Waals surface area contributed by atoms with Gasteiger partial charge in [0.1, 0.15) is 5.82 Å². The standard InChI is InChI=1S/C21H20N4O2/c1-3-12-22-20(26)11-13-23-21(27)16-9-10-19-18(14-16)24-15(2)25(19)17-7-5-4-6-8-17/h1,4-10,14H,11-13H2,2H3,(H,22,26)(H,23,27). The molecular weight excluding hydrogens is 340 g/mol. The lowest BCUT2D eigenvalue weighted by molar-refractivity contribution is -0.120. The van der Waals surface area contributed by atoms with Crippen LogP contribution in [0.3, 0.4) is 0 Å². The van der Waals surface area contributed by atoms with E-state index in [4.69, 9.17) is 6.42 Å². The minimum absolute atomic E-state index is 0.178. The Bertz CT molecular complexity index is 1020. The molecule has 6 nitrogen and oxygen atoms in total. The van der Waals surface area contributed by atoms with Gasteiger partial charge in [0.05, 0.1) is 17.6 Å². The average molecular weight is 360 g/mol. The zero-order valence-electron chi connectivity index (χ0n) is 15.0. The van der Waals surface area contributed by atoms with Gasteiger partial charge in [-0.1, -0.05) is 24.1 Å². The van der Waals surface area contributed by atoms with Gasteiger partial charge >= 0.3 is 0 Å². The van der Waals surface area contributed by atoms with E-state index >= 15 is 0 Å². The van der Waals surface area contributed by atoms with Crippen LogP contribution in [0.25, 0.3) is 16.7 Å². The zero-order chi connectivity index (χ0) is 19.2. The van der Waals surface area contributed by atoms with E-state index in [1.807, 2.05) is 47.9 Å². The number of hydrogen-bond donors (Lipinski definition) is 2. The Hall–Kier alpha value is -3.59. The molecule has 2 amide bonds. The SMILES string of the molecule is C#CCNC(=O)CCNC(=O)c1ccc2c(c1)nc(C)n2-c1ccccc1. The molecule has 1 aromatic heterocycles. The third-order valence-electron chi connectivity index (χ3n) is 4.12. The number of nitrogens with one attached hydrogen (secondary N) is 2. The number of terminal acetylenes is 1. The van der Waals surface area contributed by atoms with Crippen molar-refractivity contribution in [2.75, 3.05) is 13.1 Å². The van der Waals surface area contributed by atoms with Gasteiger partial charge < -0.3 is 10.6 Å². The monoisotopic (exact) mass is 360 g/mol. The van der Waals surface area contributed by atoms with E-state index in [9.17, 15) is 9.59 Å². The minimum atomic E-state index is -0.242. The number of aromatic nitrogens is 2. The van der Waals surface area contributed by atoms with Crippen molar-refractivity contribution in [2.24, 2.45) is 0 Å². The second-order valence-corrected chi connectivity index (χ2v) is 6.02. The average Bonchev–Trinajstić information content (AvgIpc) is 3.01. The molecule has 0 unspecified atom stereocenters. The largest absolute Gasteiger partial charge is 0.352 e. The van der Waals surface area contributed by atoms with E-state index in [1.165, 1.54) is 0 Å². The Balaban J connectivity index is 1.73. The third-order valence-corrected chi connectivity index (χ3v) is 4.12. The molecule has 136 valence electrons. The van der Waals surface area contributed by atoms with Gasteiger partial charge in [0.25, 0.3) is 5.91 Å². The molecule has 6 heteroatoms. The summed E-state index contributed by atoms with van der Waals surface area (Å²) in [5.74, 6) is 2.74. The Morgan fingerprint density at radius 1 is 1.15 bits per heavy atom. The lowest BCUT2D eigenvalue weighted by Gasteiger charge is -2.07. The number of carbonyl (C=O) groups is 2. The number of hydrogen-bond acceptors (Lipinski definition) is 3. The molecule has 0 aliphatic rings. The summed E-state index contributed by atoms with van der Waals surface area (Å²) in [7, 11) is 0. The first kappa shape index (κ1) is 18.2. The molecule has 0 radical (unpaired) electrons. The predicted octanol–water partition coefficient (Wildman–Crippen LogP) is 2.20. The van der Waals surface area contributed by atoms with E-state index < -0.39 is 0 Å². The summed E-state index contributed by atoms with van der Waals surface area (Å²) >= 11 is 0. The summed E-state index contributed by atoms with van der Waals surface area (Å²) in [5.41, 5.74) is 3.21. The van der Waals surface area contributed by atoms with Gasteiger partial charge in [-0.2, -0.15) is 0 Å². The van der Waals surface area contributed by atoms with Crippen LogP contribution in [-0.2, 0) is 4.79 Å². The third kappa shape index (κ3) is 4.15. The fourth-order valence-electron chi connectivity index (χ4n) is 2.87. The molecular formula is C21H20N4O2. The summed E-state index contributed by atoms with van der Waals surface area (Å²) in [4.78, 5) is 28.4. The van der Waals surface area contributed by atoms with Crippen molar-refractivity contribution < 1.29 is 9.59 Å². The maximum atomic E-state index is 12.3. The van der Waals surface area contributed by atoms with Crippen molar-refractivity contribution in [3.05, 3.63) is 59.9 Å². The van der Waals surface area contributed by atoms with Crippen molar-refractivity contribution in [1.29, 1.82) is 0 Å². The van der Waals surface area contributed by atoms with Crippen LogP contribution in [0, 0.1) is 19.3 Å². The van der Waals surface area contributed by atoms with Gasteiger partial charge in [-0.25, -0.2) is 4.98 Å². The van der Waals surface area contributed by atoms with Gasteiger partial charge in [0, 0.05) is 24.2 Å². The maximum Gasteiger partial charge on any atom is 0.251 e. The fourth-order valence-corrected chi connectivity index (χ4v) is 2.87. The van der Waals surface area contributed by atoms with Crippen LogP contribution in [0.15, 0.2) is 48.5 Å². The molecule has 0 fully saturated rings. The summed E-state index contributed by atoms with van der Waals surface area (Å²) in [6.07, 6.45) is 5.26. The maximum absolute atomic E-state index is 12.3. The molecule has 1 heterocycles. The molecule has 0 atom stereocenters. The molecule has 0 saturated heterocycles. The van der Waals surface area contributed by atoms with Crippen LogP contribution in [0.4, 0.5) is 0 Å². The van der Waals surface area contributed by atoms with Gasteiger partial charge in [-0.05, 0) is 37.3 Å². The molecule has 27 heavy (non-hydrogen) atoms. The Morgan fingerprint density at radius 3 is 2.67 bits per heavy atom. The lowest BCUT2D eigenvalue weighted by Crippen LogP contribution is -2.30. The van der Waals surface area contributed by atoms with Crippen LogP contribution in [0.5, 0.6) is 0 Å². The molecule has 0 saturated carbocycles. The number of aryl methyl sites for hydroxylation is 1. The summed E-state index contributed by atoms with van der Waals surface area (Å²) in [6, 6.07) is 15.3. The van der Waals surface area contributed by atoms with Crippen molar-refractivity contribution in [2.45, 2.75) is 13.3 Å².